The van der Waals surface area contributed by atoms with Gasteiger partial charge in [-0.2, -0.15) is 5.26 Å². The van der Waals surface area contributed by atoms with Crippen molar-refractivity contribution in [3.8, 4) is 11.8 Å². The summed E-state index contributed by atoms with van der Waals surface area (Å²) in [7, 11) is 1.54. The van der Waals surface area contributed by atoms with Gasteiger partial charge in [-0.25, -0.2) is 0 Å². The van der Waals surface area contributed by atoms with E-state index in [0.29, 0.717) is 51.5 Å². The molecule has 1 heterocycles. The molecule has 0 radical (unpaired) electrons. The van der Waals surface area contributed by atoms with Crippen molar-refractivity contribution in [2.45, 2.75) is 33.2 Å². The first-order valence-corrected chi connectivity index (χ1v) is 11.5. The standard InChI is InChI=1S/C26H26ClN3O5/c1-4-17-8-16(12-28)9-19-23(17)30-14-18(11-20(25(31)32)26(33)35-5-2)24(19)29-13-15-6-7-22(34-3)21(27)10-15/h6-10,14,20H,4-5,11,13H2,1-3H3,(H,29,30)(H,31,32). The number of nitrogens with one attached hydrogen (secondary N) is 1. The first-order chi connectivity index (χ1) is 16.8. The number of carboxylic acids is 1. The molecule has 1 atom stereocenters. The minimum atomic E-state index is -1.39. The maximum absolute atomic E-state index is 12.3. The van der Waals surface area contributed by atoms with Gasteiger partial charge < -0.3 is 19.9 Å². The molecule has 0 spiro atoms. The minimum Gasteiger partial charge on any atom is -0.495 e. The van der Waals surface area contributed by atoms with Crippen molar-refractivity contribution < 1.29 is 24.2 Å². The second-order valence-electron chi connectivity index (χ2n) is 7.82. The van der Waals surface area contributed by atoms with Gasteiger partial charge in [0.05, 0.1) is 35.9 Å². The monoisotopic (exact) mass is 495 g/mol. The lowest BCUT2D eigenvalue weighted by Gasteiger charge is -2.19. The molecule has 0 saturated carbocycles. The summed E-state index contributed by atoms with van der Waals surface area (Å²) >= 11 is 6.27. The van der Waals surface area contributed by atoms with Crippen LogP contribution in [0.4, 0.5) is 5.69 Å². The largest absolute Gasteiger partial charge is 0.495 e. The lowest BCUT2D eigenvalue weighted by atomic mass is 9.95. The quantitative estimate of drug-likeness (QED) is 0.305. The number of fused-ring (bicyclic) bond motifs is 1. The molecule has 2 aromatic carbocycles. The summed E-state index contributed by atoms with van der Waals surface area (Å²) in [6, 6.07) is 11.1. The third-order valence-electron chi connectivity index (χ3n) is 5.62. The zero-order valence-corrected chi connectivity index (χ0v) is 20.5. The van der Waals surface area contributed by atoms with Crippen molar-refractivity contribution in [2.24, 2.45) is 5.92 Å². The van der Waals surface area contributed by atoms with Crippen molar-refractivity contribution in [3.63, 3.8) is 0 Å². The molecule has 0 saturated heterocycles. The number of pyridine rings is 1. The number of esters is 1. The van der Waals surface area contributed by atoms with Gasteiger partial charge in [0.1, 0.15) is 5.75 Å². The number of nitrogens with zero attached hydrogens (tertiary/aromatic N) is 2. The number of carbonyl (C=O) groups is 2. The number of aromatic nitrogens is 1. The number of carbonyl (C=O) groups excluding carboxylic acids is 1. The van der Waals surface area contributed by atoms with Crippen LogP contribution in [0, 0.1) is 17.2 Å². The summed E-state index contributed by atoms with van der Waals surface area (Å²) in [6.07, 6.45) is 2.11. The van der Waals surface area contributed by atoms with Gasteiger partial charge in [0.2, 0.25) is 0 Å². The SMILES string of the molecule is CCOC(=O)C(Cc1cnc2c(CC)cc(C#N)cc2c1NCc1ccc(OC)c(Cl)c1)C(=O)O. The minimum absolute atomic E-state index is 0.0767. The molecule has 0 bridgehead atoms. The van der Waals surface area contributed by atoms with Gasteiger partial charge in [-0.3, -0.25) is 14.6 Å². The third-order valence-corrected chi connectivity index (χ3v) is 5.91. The fourth-order valence-corrected chi connectivity index (χ4v) is 4.14. The van der Waals surface area contributed by atoms with E-state index < -0.39 is 17.9 Å². The number of anilines is 1. The number of benzene rings is 2. The number of aliphatic carboxylic acids is 1. The van der Waals surface area contributed by atoms with E-state index in [2.05, 4.69) is 16.4 Å². The molecule has 0 amide bonds. The highest BCUT2D eigenvalue weighted by Gasteiger charge is 2.29. The van der Waals surface area contributed by atoms with Gasteiger partial charge in [-0.05, 0) is 60.7 Å². The van der Waals surface area contributed by atoms with Crippen LogP contribution in [0.1, 0.15) is 36.1 Å². The molecule has 9 heteroatoms. The molecular weight excluding hydrogens is 470 g/mol. The molecule has 0 fully saturated rings. The summed E-state index contributed by atoms with van der Waals surface area (Å²) in [5.74, 6) is -2.94. The Morgan fingerprint density at radius 2 is 2.00 bits per heavy atom. The molecule has 0 aliphatic heterocycles. The number of halogens is 1. The molecule has 2 N–H and O–H groups in total. The van der Waals surface area contributed by atoms with E-state index in [1.165, 1.54) is 7.11 Å². The number of hydrogen-bond donors (Lipinski definition) is 2. The van der Waals surface area contributed by atoms with Gasteiger partial charge in [0, 0.05) is 23.8 Å². The number of carboxylic acid groups (broad SMARTS) is 1. The van der Waals surface area contributed by atoms with Crippen LogP contribution in [0.15, 0.2) is 36.5 Å². The van der Waals surface area contributed by atoms with Gasteiger partial charge in [0.25, 0.3) is 0 Å². The molecule has 3 aromatic rings. The molecule has 3 rings (SSSR count). The Morgan fingerprint density at radius 1 is 1.23 bits per heavy atom. The summed E-state index contributed by atoms with van der Waals surface area (Å²) in [5.41, 5.74) is 4.04. The maximum Gasteiger partial charge on any atom is 0.320 e. The normalized spacial score (nSPS) is 11.5. The van der Waals surface area contributed by atoms with Crippen LogP contribution < -0.4 is 10.1 Å². The van der Waals surface area contributed by atoms with E-state index in [9.17, 15) is 20.0 Å². The Balaban J connectivity index is 2.11. The summed E-state index contributed by atoms with van der Waals surface area (Å²) in [6.45, 7) is 4.02. The number of methoxy groups -OCH3 is 1. The van der Waals surface area contributed by atoms with Gasteiger partial charge in [-0.15, -0.1) is 0 Å². The number of hydrogen-bond acceptors (Lipinski definition) is 7. The lowest BCUT2D eigenvalue weighted by Crippen LogP contribution is -2.28. The third kappa shape index (κ3) is 5.81. The molecule has 0 aliphatic rings. The maximum atomic E-state index is 12.3. The van der Waals surface area contributed by atoms with E-state index in [4.69, 9.17) is 21.1 Å². The number of rotatable bonds is 10. The average Bonchev–Trinajstić information content (AvgIpc) is 2.85. The topological polar surface area (TPSA) is 122 Å². The van der Waals surface area contributed by atoms with Crippen molar-refractivity contribution in [1.29, 1.82) is 5.26 Å². The van der Waals surface area contributed by atoms with Crippen LogP contribution >= 0.6 is 11.6 Å². The Morgan fingerprint density at radius 3 is 2.60 bits per heavy atom. The van der Waals surface area contributed by atoms with E-state index in [-0.39, 0.29) is 13.0 Å². The molecule has 1 unspecified atom stereocenters. The van der Waals surface area contributed by atoms with Crippen LogP contribution in [0.5, 0.6) is 5.75 Å². The second kappa shape index (κ2) is 11.5. The zero-order chi connectivity index (χ0) is 25.5. The summed E-state index contributed by atoms with van der Waals surface area (Å²) < 4.78 is 10.2. The lowest BCUT2D eigenvalue weighted by molar-refractivity contribution is -0.158. The highest BCUT2D eigenvalue weighted by atomic mass is 35.5. The van der Waals surface area contributed by atoms with Crippen molar-refractivity contribution in [3.05, 3.63) is 63.8 Å². The van der Waals surface area contributed by atoms with Crippen molar-refractivity contribution in [1.82, 2.24) is 4.98 Å². The number of nitriles is 1. The fourth-order valence-electron chi connectivity index (χ4n) is 3.86. The van der Waals surface area contributed by atoms with Crippen LogP contribution in [0.3, 0.4) is 0 Å². The number of ether oxygens (including phenoxy) is 2. The Labute approximate surface area is 208 Å². The first kappa shape index (κ1) is 25.8. The average molecular weight is 496 g/mol. The van der Waals surface area contributed by atoms with E-state index >= 15 is 0 Å². The molecule has 35 heavy (non-hydrogen) atoms. The summed E-state index contributed by atoms with van der Waals surface area (Å²) in [4.78, 5) is 28.8. The Bertz CT molecular complexity index is 1300. The zero-order valence-electron chi connectivity index (χ0n) is 19.7. The summed E-state index contributed by atoms with van der Waals surface area (Å²) in [5, 5.41) is 23.7. The van der Waals surface area contributed by atoms with E-state index in [1.54, 1.807) is 37.4 Å². The van der Waals surface area contributed by atoms with E-state index in [0.717, 1.165) is 11.1 Å². The van der Waals surface area contributed by atoms with Crippen LogP contribution in [0.25, 0.3) is 10.9 Å². The van der Waals surface area contributed by atoms with Gasteiger partial charge >= 0.3 is 11.9 Å². The smallest absolute Gasteiger partial charge is 0.320 e. The van der Waals surface area contributed by atoms with Crippen molar-refractivity contribution >= 4 is 40.1 Å². The van der Waals surface area contributed by atoms with Crippen LogP contribution in [-0.4, -0.2) is 35.7 Å². The van der Waals surface area contributed by atoms with Gasteiger partial charge in [0.15, 0.2) is 5.92 Å². The molecule has 8 nitrogen and oxygen atoms in total. The molecule has 1 aromatic heterocycles. The van der Waals surface area contributed by atoms with Crippen molar-refractivity contribution in [2.75, 3.05) is 19.0 Å². The molecule has 0 aliphatic carbocycles. The van der Waals surface area contributed by atoms with Crippen LogP contribution in [0.2, 0.25) is 5.02 Å². The predicted octanol–water partition coefficient (Wildman–Crippen LogP) is 4.75. The Kier molecular flexibility index (Phi) is 8.50. The van der Waals surface area contributed by atoms with E-state index in [1.807, 2.05) is 13.0 Å². The highest BCUT2D eigenvalue weighted by Crippen LogP contribution is 2.32. The first-order valence-electron chi connectivity index (χ1n) is 11.1. The number of aryl methyl sites for hydroxylation is 1. The molecular formula is C26H26ClN3O5. The Hall–Kier alpha value is -3.83. The fraction of sp³-hybridized carbons (Fsp3) is 0.308. The van der Waals surface area contributed by atoms with Gasteiger partial charge in [-0.1, -0.05) is 24.6 Å². The second-order valence-corrected chi connectivity index (χ2v) is 8.23. The van der Waals surface area contributed by atoms with Crippen LogP contribution in [-0.2, 0) is 33.7 Å². The highest BCUT2D eigenvalue weighted by molar-refractivity contribution is 6.32. The predicted molar refractivity (Wildman–Crippen MR) is 133 cm³/mol. The molecule has 182 valence electrons.